The topological polar surface area (TPSA) is 90.4 Å². The second-order valence-corrected chi connectivity index (χ2v) is 12.4. The minimum atomic E-state index is -1.17. The molecule has 3 heterocycles. The van der Waals surface area contributed by atoms with E-state index in [0.29, 0.717) is 43.1 Å². The Morgan fingerprint density at radius 1 is 1.25 bits per heavy atom. The highest BCUT2D eigenvalue weighted by Gasteiger charge is 2.76. The van der Waals surface area contributed by atoms with Crippen molar-refractivity contribution in [3.8, 4) is 0 Å². The van der Waals surface area contributed by atoms with E-state index in [2.05, 4.69) is 29.1 Å². The van der Waals surface area contributed by atoms with Crippen molar-refractivity contribution in [2.45, 2.75) is 62.1 Å². The Kier molecular flexibility index (Phi) is 9.81. The molecule has 4 rings (SSSR count). The van der Waals surface area contributed by atoms with Crippen LogP contribution in [0.3, 0.4) is 0 Å². The maximum absolute atomic E-state index is 14.6. The number of aryl methyl sites for hydroxylation is 1. The van der Waals surface area contributed by atoms with Crippen molar-refractivity contribution in [2.75, 3.05) is 37.7 Å². The number of para-hydroxylation sites is 1. The summed E-state index contributed by atoms with van der Waals surface area (Å²) >= 11 is 10.4. The fourth-order valence-electron chi connectivity index (χ4n) is 6.79. The van der Waals surface area contributed by atoms with Crippen LogP contribution >= 0.6 is 27.5 Å². The number of hydrogen-bond acceptors (Lipinski definition) is 5. The number of anilines is 1. The molecule has 6 atom stereocenters. The summed E-state index contributed by atoms with van der Waals surface area (Å²) in [7, 11) is 0. The molecule has 1 aromatic rings. The first-order chi connectivity index (χ1) is 19.2. The normalized spacial score (nSPS) is 28.5. The molecule has 0 radical (unpaired) electrons. The van der Waals surface area contributed by atoms with Crippen LogP contribution in [0.2, 0.25) is 5.02 Å². The van der Waals surface area contributed by atoms with Crippen molar-refractivity contribution < 1.29 is 24.2 Å². The number of aliphatic hydroxyl groups excluding tert-OH is 1. The summed E-state index contributed by atoms with van der Waals surface area (Å²) in [6.45, 7) is 12.9. The van der Waals surface area contributed by atoms with E-state index >= 15 is 0 Å². The van der Waals surface area contributed by atoms with E-state index in [1.807, 2.05) is 26.0 Å². The summed E-state index contributed by atoms with van der Waals surface area (Å²) in [5.74, 6) is -2.22. The van der Waals surface area contributed by atoms with Gasteiger partial charge in [-0.1, -0.05) is 58.7 Å². The molecule has 1 N–H and O–H groups in total. The molecule has 3 aliphatic rings. The van der Waals surface area contributed by atoms with E-state index < -0.39 is 29.6 Å². The summed E-state index contributed by atoms with van der Waals surface area (Å²) < 4.78 is 6.66. The van der Waals surface area contributed by atoms with Gasteiger partial charge in [0.05, 0.1) is 28.6 Å². The third-order valence-electron chi connectivity index (χ3n) is 8.31. The zero-order valence-electron chi connectivity index (χ0n) is 23.2. The molecule has 3 amide bonds. The Balaban J connectivity index is 1.81. The number of likely N-dealkylation sites (tertiary alicyclic amines) is 1. The number of aliphatic hydroxyl groups is 1. The minimum absolute atomic E-state index is 0.0205. The van der Waals surface area contributed by atoms with E-state index in [-0.39, 0.29) is 42.2 Å². The Morgan fingerprint density at radius 3 is 2.60 bits per heavy atom. The highest BCUT2D eigenvalue weighted by atomic mass is 79.9. The number of halogens is 2. The van der Waals surface area contributed by atoms with Gasteiger partial charge in [-0.25, -0.2) is 0 Å². The molecular weight excluding hydrogens is 598 g/mol. The van der Waals surface area contributed by atoms with Gasteiger partial charge in [0.15, 0.2) is 0 Å². The van der Waals surface area contributed by atoms with E-state index in [4.69, 9.17) is 16.3 Å². The van der Waals surface area contributed by atoms with Crippen LogP contribution in [-0.2, 0) is 19.1 Å². The number of ether oxygens (including phenoxy) is 1. The van der Waals surface area contributed by atoms with Gasteiger partial charge in [-0.15, -0.1) is 13.2 Å². The van der Waals surface area contributed by atoms with E-state index in [0.717, 1.165) is 12.0 Å². The molecule has 218 valence electrons. The second kappa shape index (κ2) is 12.8. The summed E-state index contributed by atoms with van der Waals surface area (Å²) in [6.07, 6.45) is 4.97. The molecule has 3 unspecified atom stereocenters. The monoisotopic (exact) mass is 635 g/mol. The maximum Gasteiger partial charge on any atom is 0.253 e. The molecule has 0 aliphatic carbocycles. The number of benzene rings is 1. The van der Waals surface area contributed by atoms with Crippen molar-refractivity contribution in [1.82, 2.24) is 9.80 Å². The van der Waals surface area contributed by atoms with Crippen LogP contribution in [0.1, 0.15) is 38.2 Å². The molecule has 3 saturated heterocycles. The summed E-state index contributed by atoms with van der Waals surface area (Å²) in [5.41, 5.74) is 0.204. The molecule has 0 saturated carbocycles. The molecule has 3 fully saturated rings. The number of hydrogen-bond donors (Lipinski definition) is 1. The van der Waals surface area contributed by atoms with Crippen LogP contribution in [-0.4, -0.2) is 88.0 Å². The standard InChI is InChI=1S/C30H39BrClN3O5/c1-5-13-33(14-6-2)27(37)22-23-28(38)35(16-8-9-17-36)26(30(23)18-20(31)25(22)40-30)29(39)34(15-7-3)24-19(4)11-10-12-21(24)32/h5,7,10-12,20,22-23,25-26,36H,1,3,6,8-9,13-18H2,2,4H3/t20?,22-,23+,25-,26?,30?/m1/s1. The molecule has 10 heteroatoms. The maximum atomic E-state index is 14.6. The first-order valence-electron chi connectivity index (χ1n) is 14.0. The number of alkyl halides is 1. The fourth-order valence-corrected chi connectivity index (χ4v) is 8.05. The summed E-state index contributed by atoms with van der Waals surface area (Å²) in [5, 5.41) is 9.85. The first-order valence-corrected chi connectivity index (χ1v) is 15.3. The average molecular weight is 637 g/mol. The first kappa shape index (κ1) is 30.8. The Hall–Kier alpha value is -2.20. The lowest BCUT2D eigenvalue weighted by atomic mass is 9.70. The molecule has 8 nitrogen and oxygen atoms in total. The Morgan fingerprint density at radius 2 is 1.98 bits per heavy atom. The minimum Gasteiger partial charge on any atom is -0.396 e. The average Bonchev–Trinajstić information content (AvgIpc) is 3.51. The molecule has 1 aromatic carbocycles. The lowest BCUT2D eigenvalue weighted by molar-refractivity contribution is -0.145. The van der Waals surface area contributed by atoms with Crippen LogP contribution in [0.5, 0.6) is 0 Å². The van der Waals surface area contributed by atoms with Gasteiger partial charge in [0.1, 0.15) is 11.6 Å². The van der Waals surface area contributed by atoms with Crippen LogP contribution in [0.4, 0.5) is 5.69 Å². The number of nitrogens with zero attached hydrogens (tertiary/aromatic N) is 3. The van der Waals surface area contributed by atoms with Crippen LogP contribution < -0.4 is 4.90 Å². The zero-order chi connectivity index (χ0) is 29.2. The van der Waals surface area contributed by atoms with Crippen molar-refractivity contribution in [2.24, 2.45) is 11.8 Å². The molecule has 40 heavy (non-hydrogen) atoms. The predicted octanol–water partition coefficient (Wildman–Crippen LogP) is 4.11. The van der Waals surface area contributed by atoms with Gasteiger partial charge < -0.3 is 24.5 Å². The molecule has 0 aromatic heterocycles. The lowest BCUT2D eigenvalue weighted by Crippen LogP contribution is -2.57. The fraction of sp³-hybridized carbons (Fsp3) is 0.567. The highest BCUT2D eigenvalue weighted by molar-refractivity contribution is 9.09. The van der Waals surface area contributed by atoms with Gasteiger partial charge in [0, 0.05) is 37.6 Å². The lowest BCUT2D eigenvalue weighted by Gasteiger charge is -2.38. The van der Waals surface area contributed by atoms with Crippen molar-refractivity contribution in [1.29, 1.82) is 0 Å². The number of amides is 3. The zero-order valence-corrected chi connectivity index (χ0v) is 25.6. The van der Waals surface area contributed by atoms with E-state index in [1.54, 1.807) is 32.9 Å². The quantitative estimate of drug-likeness (QED) is 0.200. The van der Waals surface area contributed by atoms with Gasteiger partial charge in [0.25, 0.3) is 5.91 Å². The van der Waals surface area contributed by atoms with Gasteiger partial charge in [-0.3, -0.25) is 14.4 Å². The van der Waals surface area contributed by atoms with Crippen LogP contribution in [0.25, 0.3) is 0 Å². The Bertz CT molecular complexity index is 1140. The van der Waals surface area contributed by atoms with Crippen LogP contribution in [0.15, 0.2) is 43.5 Å². The van der Waals surface area contributed by atoms with Gasteiger partial charge in [-0.05, 0) is 44.2 Å². The van der Waals surface area contributed by atoms with E-state index in [9.17, 15) is 19.5 Å². The predicted molar refractivity (Wildman–Crippen MR) is 160 cm³/mol. The highest BCUT2D eigenvalue weighted by Crippen LogP contribution is 2.60. The van der Waals surface area contributed by atoms with Gasteiger partial charge in [-0.2, -0.15) is 0 Å². The van der Waals surface area contributed by atoms with Gasteiger partial charge >= 0.3 is 0 Å². The van der Waals surface area contributed by atoms with E-state index in [1.165, 1.54) is 0 Å². The second-order valence-electron chi connectivity index (χ2n) is 10.8. The summed E-state index contributed by atoms with van der Waals surface area (Å²) in [6, 6.07) is 4.48. The molecule has 3 aliphatic heterocycles. The number of carbonyl (C=O) groups excluding carboxylic acids is 3. The smallest absolute Gasteiger partial charge is 0.253 e. The van der Waals surface area contributed by atoms with Crippen molar-refractivity contribution in [3.05, 3.63) is 54.1 Å². The number of fused-ring (bicyclic) bond motifs is 1. The number of unbranched alkanes of at least 4 members (excludes halogenated alkanes) is 1. The molecule has 2 bridgehead atoms. The SMILES string of the molecule is C=CCN(CCC)C(=O)[C@H]1[C@@H]2OC3(CC2Br)C(C(=O)N(CC=C)c2c(C)cccc2Cl)N(CCCCO)C(=O)[C@H]13. The van der Waals surface area contributed by atoms with Crippen LogP contribution in [0, 0.1) is 18.8 Å². The number of rotatable bonds is 13. The largest absolute Gasteiger partial charge is 0.396 e. The molecular formula is C30H39BrClN3O5. The van der Waals surface area contributed by atoms with Gasteiger partial charge in [0.2, 0.25) is 11.8 Å². The Labute approximate surface area is 250 Å². The molecule has 1 spiro atoms. The van der Waals surface area contributed by atoms with Crippen molar-refractivity contribution >= 4 is 50.9 Å². The third-order valence-corrected chi connectivity index (χ3v) is 9.46. The summed E-state index contributed by atoms with van der Waals surface area (Å²) in [4.78, 5) is 47.6. The third kappa shape index (κ3) is 5.14. The van der Waals surface area contributed by atoms with Crippen molar-refractivity contribution in [3.63, 3.8) is 0 Å². The number of carbonyl (C=O) groups is 3.